The van der Waals surface area contributed by atoms with Crippen LogP contribution in [0.15, 0.2) is 243 Å². The topological polar surface area (TPSA) is 6.48 Å². The Morgan fingerprint density at radius 2 is 0.716 bits per heavy atom. The summed E-state index contributed by atoms with van der Waals surface area (Å²) in [6.07, 6.45) is 0. The predicted molar refractivity (Wildman–Crippen MR) is 285 cm³/mol. The minimum Gasteiger partial charge on any atom is -0.310 e. The van der Waals surface area contributed by atoms with Gasteiger partial charge in [-0.15, -0.1) is 0 Å². The van der Waals surface area contributed by atoms with Gasteiger partial charge in [0.25, 0.3) is 0 Å². The van der Waals surface area contributed by atoms with Crippen molar-refractivity contribution < 1.29 is 0 Å². The predicted octanol–water partition coefficient (Wildman–Crippen LogP) is 18.3. The minimum atomic E-state index is -0.177. The lowest BCUT2D eigenvalue weighted by Gasteiger charge is -2.32. The third-order valence-electron chi connectivity index (χ3n) is 14.3. The Balaban J connectivity index is 1.15. The molecule has 2 heteroatoms. The number of fused-ring (bicyclic) bond motifs is 6. The van der Waals surface area contributed by atoms with Gasteiger partial charge in [0.2, 0.25) is 0 Å². The van der Waals surface area contributed by atoms with Crippen LogP contribution in [0.4, 0.5) is 34.1 Å². The molecule has 316 valence electrons. The van der Waals surface area contributed by atoms with E-state index >= 15 is 0 Å². The van der Waals surface area contributed by atoms with E-state index in [1.54, 1.807) is 0 Å². The molecule has 13 rings (SSSR count). The van der Waals surface area contributed by atoms with Crippen LogP contribution in [0, 0.1) is 0 Å². The zero-order chi connectivity index (χ0) is 44.6. The van der Waals surface area contributed by atoms with Crippen molar-refractivity contribution in [2.45, 2.75) is 19.3 Å². The first-order valence-electron chi connectivity index (χ1n) is 23.3. The van der Waals surface area contributed by atoms with Gasteiger partial charge in [-0.05, 0) is 133 Å². The Kier molecular flexibility index (Phi) is 8.91. The highest BCUT2D eigenvalue weighted by atomic mass is 15.2. The zero-order valence-corrected chi connectivity index (χ0v) is 37.5. The maximum Gasteiger partial charge on any atom is 0.0546 e. The van der Waals surface area contributed by atoms with Gasteiger partial charge in [-0.2, -0.15) is 0 Å². The largest absolute Gasteiger partial charge is 0.310 e. The van der Waals surface area contributed by atoms with Crippen LogP contribution in [0.2, 0.25) is 0 Å². The average Bonchev–Trinajstić information content (AvgIpc) is 3.62. The molecule has 2 nitrogen and oxygen atoms in total. The summed E-state index contributed by atoms with van der Waals surface area (Å²) >= 11 is 0. The minimum absolute atomic E-state index is 0.177. The zero-order valence-electron chi connectivity index (χ0n) is 37.5. The van der Waals surface area contributed by atoms with Crippen LogP contribution in [0.25, 0.3) is 76.5 Å². The molecule has 0 N–H and O–H groups in total. The van der Waals surface area contributed by atoms with Gasteiger partial charge in [0.05, 0.1) is 11.4 Å². The van der Waals surface area contributed by atoms with E-state index in [4.69, 9.17) is 0 Å². The molecule has 12 aromatic carbocycles. The Hall–Kier alpha value is -8.46. The second-order valence-corrected chi connectivity index (χ2v) is 18.5. The van der Waals surface area contributed by atoms with Crippen LogP contribution in [-0.2, 0) is 5.41 Å². The average molecular weight is 855 g/mol. The van der Waals surface area contributed by atoms with E-state index in [1.165, 1.54) is 87.6 Å². The van der Waals surface area contributed by atoms with Gasteiger partial charge < -0.3 is 9.80 Å². The molecule has 0 saturated heterocycles. The molecular weight excluding hydrogens is 809 g/mol. The lowest BCUT2D eigenvalue weighted by atomic mass is 9.82. The van der Waals surface area contributed by atoms with Crippen molar-refractivity contribution in [3.63, 3.8) is 0 Å². The van der Waals surface area contributed by atoms with Crippen molar-refractivity contribution in [3.8, 4) is 33.4 Å². The quantitative estimate of drug-likeness (QED) is 0.111. The third-order valence-corrected chi connectivity index (χ3v) is 14.3. The van der Waals surface area contributed by atoms with Gasteiger partial charge in [0.1, 0.15) is 0 Å². The molecule has 0 amide bonds. The molecule has 1 aliphatic carbocycles. The fourth-order valence-corrected chi connectivity index (χ4v) is 11.2. The molecule has 0 saturated carbocycles. The maximum absolute atomic E-state index is 2.55. The van der Waals surface area contributed by atoms with Gasteiger partial charge >= 0.3 is 0 Å². The summed E-state index contributed by atoms with van der Waals surface area (Å²) in [5.74, 6) is 0. The number of rotatable bonds is 8. The standard InChI is InChI=1S/C65H46N2/c1-65(2)57-30-18-17-27-53(57)54-36-35-51(42-58(54)65)67(52-40-47(43-19-7-3-8-20-43)39-48(41-52)44-21-9-4-10-22-44)60-38-34-46-32-31-45-33-37-59(63-55-28-15-16-29-56(55)64(60)62(46)61(45)63)66(49-23-11-5-12-24-49)50-25-13-6-14-26-50/h3-42H,1-2H3. The second-order valence-electron chi connectivity index (χ2n) is 18.5. The first kappa shape index (κ1) is 39.0. The fraction of sp³-hybridized carbons (Fsp3) is 0.0462. The Labute approximate surface area is 391 Å². The fourth-order valence-electron chi connectivity index (χ4n) is 11.2. The second kappa shape index (κ2) is 15.3. The molecule has 0 bridgehead atoms. The molecule has 0 aromatic heterocycles. The first-order valence-corrected chi connectivity index (χ1v) is 23.3. The summed E-state index contributed by atoms with van der Waals surface area (Å²) in [6.45, 7) is 4.76. The van der Waals surface area contributed by atoms with Crippen molar-refractivity contribution in [1.29, 1.82) is 0 Å². The molecule has 0 fully saturated rings. The summed E-state index contributed by atoms with van der Waals surface area (Å²) < 4.78 is 0. The van der Waals surface area contributed by atoms with Crippen LogP contribution < -0.4 is 9.80 Å². The van der Waals surface area contributed by atoms with Crippen molar-refractivity contribution in [2.24, 2.45) is 0 Å². The van der Waals surface area contributed by atoms with Gasteiger partial charge in [0.15, 0.2) is 0 Å². The van der Waals surface area contributed by atoms with E-state index in [9.17, 15) is 0 Å². The van der Waals surface area contributed by atoms with E-state index in [0.717, 1.165) is 34.1 Å². The number of anilines is 6. The number of hydrogen-bond acceptors (Lipinski definition) is 2. The molecule has 12 aromatic rings. The Morgan fingerprint density at radius 3 is 1.25 bits per heavy atom. The van der Waals surface area contributed by atoms with Crippen molar-refractivity contribution in [1.82, 2.24) is 0 Å². The lowest BCUT2D eigenvalue weighted by molar-refractivity contribution is 0.660. The van der Waals surface area contributed by atoms with Crippen molar-refractivity contribution in [2.75, 3.05) is 9.80 Å². The van der Waals surface area contributed by atoms with Gasteiger partial charge in [-0.3, -0.25) is 0 Å². The highest BCUT2D eigenvalue weighted by molar-refractivity contribution is 6.38. The molecule has 0 aliphatic heterocycles. The van der Waals surface area contributed by atoms with Crippen LogP contribution in [-0.4, -0.2) is 0 Å². The molecule has 0 atom stereocenters. The normalized spacial score (nSPS) is 12.7. The molecule has 67 heavy (non-hydrogen) atoms. The van der Waals surface area contributed by atoms with E-state index < -0.39 is 0 Å². The summed E-state index contributed by atoms with van der Waals surface area (Å²) in [5, 5.41) is 9.92. The van der Waals surface area contributed by atoms with E-state index in [0.29, 0.717) is 0 Å². The highest BCUT2D eigenvalue weighted by Gasteiger charge is 2.36. The Bertz CT molecular complexity index is 3720. The summed E-state index contributed by atoms with van der Waals surface area (Å²) in [6, 6.07) is 89.6. The summed E-state index contributed by atoms with van der Waals surface area (Å²) in [7, 11) is 0. The monoisotopic (exact) mass is 854 g/mol. The third kappa shape index (κ3) is 6.18. The maximum atomic E-state index is 2.55. The van der Waals surface area contributed by atoms with Gasteiger partial charge in [-0.1, -0.05) is 190 Å². The first-order chi connectivity index (χ1) is 33.0. The summed E-state index contributed by atoms with van der Waals surface area (Å²) in [4.78, 5) is 4.98. The molecule has 0 unspecified atom stereocenters. The van der Waals surface area contributed by atoms with E-state index in [2.05, 4.69) is 266 Å². The number of hydrogen-bond donors (Lipinski definition) is 0. The van der Waals surface area contributed by atoms with E-state index in [-0.39, 0.29) is 5.41 Å². The number of para-hydroxylation sites is 2. The number of benzene rings is 12. The van der Waals surface area contributed by atoms with Crippen LogP contribution in [0.5, 0.6) is 0 Å². The van der Waals surface area contributed by atoms with Gasteiger partial charge in [-0.25, -0.2) is 0 Å². The lowest BCUT2D eigenvalue weighted by Crippen LogP contribution is -2.17. The molecule has 0 radical (unpaired) electrons. The van der Waals surface area contributed by atoms with Gasteiger partial charge in [0, 0.05) is 49.7 Å². The molecule has 0 spiro atoms. The summed E-state index contributed by atoms with van der Waals surface area (Å²) in [5.41, 5.74) is 16.6. The van der Waals surface area contributed by atoms with Crippen LogP contribution >= 0.6 is 0 Å². The smallest absolute Gasteiger partial charge is 0.0546 e. The molecule has 0 heterocycles. The van der Waals surface area contributed by atoms with Crippen LogP contribution in [0.1, 0.15) is 25.0 Å². The van der Waals surface area contributed by atoms with E-state index in [1.807, 2.05) is 0 Å². The van der Waals surface area contributed by atoms with Crippen molar-refractivity contribution in [3.05, 3.63) is 254 Å². The van der Waals surface area contributed by atoms with Crippen molar-refractivity contribution >= 4 is 77.2 Å². The Morgan fingerprint density at radius 1 is 0.284 bits per heavy atom. The molecular formula is C65H46N2. The number of nitrogens with zero attached hydrogens (tertiary/aromatic N) is 2. The SMILES string of the molecule is CC1(C)c2ccccc2-c2ccc(N(c3cc(-c4ccccc4)cc(-c4ccccc4)c3)c3ccc4ccc5ccc(N(c6ccccc6)c6ccccc6)c6c7ccccc7c3c4c56)cc21. The van der Waals surface area contributed by atoms with Crippen LogP contribution in [0.3, 0.4) is 0 Å². The molecule has 1 aliphatic rings. The highest BCUT2D eigenvalue weighted by Crippen LogP contribution is 2.54.